The van der Waals surface area contributed by atoms with Gasteiger partial charge in [-0.1, -0.05) is 0 Å². The first-order chi connectivity index (χ1) is 11.2. The molecule has 10 nitrogen and oxygen atoms in total. The van der Waals surface area contributed by atoms with Crippen LogP contribution < -0.4 is 33.1 Å². The fourth-order valence-electron chi connectivity index (χ4n) is 1.48. The molecule has 0 saturated heterocycles. The van der Waals surface area contributed by atoms with Gasteiger partial charge in [0.15, 0.2) is 0 Å². The van der Waals surface area contributed by atoms with Crippen LogP contribution in [0.3, 0.4) is 0 Å². The third-order valence-corrected chi connectivity index (χ3v) is 2.58. The zero-order chi connectivity index (χ0) is 17.2. The Balaban J connectivity index is 3.33. The average molecular weight is 334 g/mol. The predicted octanol–water partition coefficient (Wildman–Crippen LogP) is -2.65. The zero-order valence-corrected chi connectivity index (χ0v) is 13.6. The monoisotopic (exact) mass is 334 g/mol. The number of hydrogen-bond donors (Lipinski definition) is 6. The van der Waals surface area contributed by atoms with Crippen molar-refractivity contribution in [2.75, 3.05) is 52.4 Å². The number of rotatable bonds is 16. The molecule has 0 bridgehead atoms. The third-order valence-electron chi connectivity index (χ3n) is 2.58. The second-order valence-corrected chi connectivity index (χ2v) is 4.67. The van der Waals surface area contributed by atoms with Crippen molar-refractivity contribution in [1.82, 2.24) is 21.6 Å². The van der Waals surface area contributed by atoms with E-state index in [1.165, 1.54) is 0 Å². The van der Waals surface area contributed by atoms with E-state index in [1.54, 1.807) is 0 Å². The summed E-state index contributed by atoms with van der Waals surface area (Å²) < 4.78 is 0. The Morgan fingerprint density at radius 2 is 1.13 bits per heavy atom. The molecule has 0 aliphatic heterocycles. The van der Waals surface area contributed by atoms with Gasteiger partial charge < -0.3 is 31.8 Å². The molecule has 0 unspecified atom stereocenters. The van der Waals surface area contributed by atoms with E-state index < -0.39 is 11.9 Å². The summed E-state index contributed by atoms with van der Waals surface area (Å²) in [5.74, 6) is -0.814. The van der Waals surface area contributed by atoms with Crippen LogP contribution in [0.1, 0.15) is 19.3 Å². The molecule has 0 atom stereocenters. The Hall–Kier alpha value is -1.30. The van der Waals surface area contributed by atoms with Crippen molar-refractivity contribution in [3.05, 3.63) is 0 Å². The Kier molecular flexibility index (Phi) is 16.1. The number of nitrogens with one attached hydrogen (secondary N) is 4. The molecule has 23 heavy (non-hydrogen) atoms. The summed E-state index contributed by atoms with van der Waals surface area (Å²) >= 11 is 0. The molecule has 10 heteroatoms. The summed E-state index contributed by atoms with van der Waals surface area (Å²) in [5, 5.41) is 6.09. The van der Waals surface area contributed by atoms with Gasteiger partial charge in [-0.15, -0.1) is 0 Å². The lowest BCUT2D eigenvalue weighted by atomic mass is 10.2. The maximum atomic E-state index is 11.4. The molecular weight excluding hydrogens is 304 g/mol. The Morgan fingerprint density at radius 3 is 1.52 bits per heavy atom. The van der Waals surface area contributed by atoms with E-state index >= 15 is 0 Å². The molecular formula is C13H30N6O4. The first kappa shape index (κ1) is 21.7. The summed E-state index contributed by atoms with van der Waals surface area (Å²) in [6, 6.07) is 0. The van der Waals surface area contributed by atoms with Crippen LogP contribution in [-0.2, 0) is 19.3 Å². The molecule has 0 rings (SSSR count). The van der Waals surface area contributed by atoms with E-state index in [1.807, 2.05) is 0 Å². The van der Waals surface area contributed by atoms with Crippen molar-refractivity contribution in [2.45, 2.75) is 19.3 Å². The number of carbonyl (C=O) groups is 2. The van der Waals surface area contributed by atoms with Gasteiger partial charge in [-0.2, -0.15) is 11.0 Å². The van der Waals surface area contributed by atoms with Gasteiger partial charge in [-0.05, 0) is 6.42 Å². The molecule has 0 amide bonds. The quantitative estimate of drug-likeness (QED) is 0.130. The van der Waals surface area contributed by atoms with Crippen LogP contribution in [0, 0.1) is 0 Å². The molecule has 8 N–H and O–H groups in total. The fourth-order valence-corrected chi connectivity index (χ4v) is 1.48. The molecule has 0 aliphatic carbocycles. The molecule has 0 aromatic heterocycles. The second kappa shape index (κ2) is 17.1. The van der Waals surface area contributed by atoms with E-state index in [0.717, 1.165) is 13.1 Å². The van der Waals surface area contributed by atoms with E-state index in [2.05, 4.69) is 21.6 Å². The van der Waals surface area contributed by atoms with Gasteiger partial charge in [0, 0.05) is 65.2 Å². The minimum Gasteiger partial charge on any atom is -0.371 e. The number of nitrogens with two attached hydrogens (primary N) is 2. The lowest BCUT2D eigenvalue weighted by molar-refractivity contribution is -0.153. The second-order valence-electron chi connectivity index (χ2n) is 4.67. The smallest absolute Gasteiger partial charge is 0.324 e. The van der Waals surface area contributed by atoms with Crippen LogP contribution in [0.25, 0.3) is 0 Å². The molecule has 136 valence electrons. The van der Waals surface area contributed by atoms with Crippen LogP contribution in [-0.4, -0.2) is 64.3 Å². The first-order valence-electron chi connectivity index (χ1n) is 7.87. The van der Waals surface area contributed by atoms with Crippen molar-refractivity contribution < 1.29 is 19.3 Å². The number of hydrogen-bond acceptors (Lipinski definition) is 10. The topological polar surface area (TPSA) is 153 Å². The molecule has 0 aromatic rings. The van der Waals surface area contributed by atoms with Gasteiger partial charge in [-0.3, -0.25) is 9.59 Å². The van der Waals surface area contributed by atoms with Crippen molar-refractivity contribution in [1.29, 1.82) is 0 Å². The Labute approximate surface area is 136 Å². The van der Waals surface area contributed by atoms with Gasteiger partial charge in [-0.25, -0.2) is 0 Å². The SMILES string of the molecule is NCCNCCNOC(=O)CCCC(=O)ONCCNCCN. The van der Waals surface area contributed by atoms with Gasteiger partial charge in [0.25, 0.3) is 0 Å². The lowest BCUT2D eigenvalue weighted by Crippen LogP contribution is -2.32. The summed E-state index contributed by atoms with van der Waals surface area (Å²) in [7, 11) is 0. The van der Waals surface area contributed by atoms with Crippen molar-refractivity contribution >= 4 is 11.9 Å². The van der Waals surface area contributed by atoms with Gasteiger partial charge in [0.05, 0.1) is 0 Å². The normalized spacial score (nSPS) is 10.5. The summed E-state index contributed by atoms with van der Waals surface area (Å²) in [6.45, 7) is 4.87. The third kappa shape index (κ3) is 16.9. The highest BCUT2D eigenvalue weighted by Crippen LogP contribution is 1.98. The highest BCUT2D eigenvalue weighted by atomic mass is 16.7. The van der Waals surface area contributed by atoms with Crippen molar-refractivity contribution in [3.8, 4) is 0 Å². The molecule has 0 fully saturated rings. The average Bonchev–Trinajstić information content (AvgIpc) is 2.54. The van der Waals surface area contributed by atoms with Crippen LogP contribution in [0.5, 0.6) is 0 Å². The minimum atomic E-state index is -0.407. The standard InChI is InChI=1S/C13H30N6O4/c14-4-6-16-8-10-18-22-12(20)2-1-3-13(21)23-19-11-9-17-7-5-15/h16-19H,1-11,14-15H2. The molecule has 0 radical (unpaired) electrons. The van der Waals surface area contributed by atoms with Crippen LogP contribution in [0.2, 0.25) is 0 Å². The van der Waals surface area contributed by atoms with Gasteiger partial charge >= 0.3 is 11.9 Å². The predicted molar refractivity (Wildman–Crippen MR) is 85.9 cm³/mol. The fraction of sp³-hybridized carbons (Fsp3) is 0.846. The van der Waals surface area contributed by atoms with Gasteiger partial charge in [0.1, 0.15) is 0 Å². The Bertz CT molecular complexity index is 278. The molecule has 0 spiro atoms. The van der Waals surface area contributed by atoms with Crippen LogP contribution >= 0.6 is 0 Å². The molecule has 0 aromatic carbocycles. The van der Waals surface area contributed by atoms with E-state index in [4.69, 9.17) is 21.1 Å². The highest BCUT2D eigenvalue weighted by molar-refractivity contribution is 5.72. The summed E-state index contributed by atoms with van der Waals surface area (Å²) in [6.07, 6.45) is 0.671. The van der Waals surface area contributed by atoms with Crippen LogP contribution in [0.4, 0.5) is 0 Å². The molecule has 0 heterocycles. The highest BCUT2D eigenvalue weighted by Gasteiger charge is 2.07. The minimum absolute atomic E-state index is 0.149. The first-order valence-corrected chi connectivity index (χ1v) is 7.87. The number of carbonyl (C=O) groups excluding carboxylic acids is 2. The maximum absolute atomic E-state index is 11.4. The van der Waals surface area contributed by atoms with Gasteiger partial charge in [0.2, 0.25) is 0 Å². The Morgan fingerprint density at radius 1 is 0.696 bits per heavy atom. The van der Waals surface area contributed by atoms with E-state index in [-0.39, 0.29) is 12.8 Å². The molecule has 0 saturated carbocycles. The molecule has 0 aliphatic rings. The van der Waals surface area contributed by atoms with Crippen molar-refractivity contribution in [3.63, 3.8) is 0 Å². The summed E-state index contributed by atoms with van der Waals surface area (Å²) in [5.41, 5.74) is 15.7. The largest absolute Gasteiger partial charge is 0.371 e. The van der Waals surface area contributed by atoms with E-state index in [0.29, 0.717) is 45.7 Å². The lowest BCUT2D eigenvalue weighted by Gasteiger charge is -2.07. The maximum Gasteiger partial charge on any atom is 0.324 e. The zero-order valence-electron chi connectivity index (χ0n) is 13.6. The number of hydroxylamine groups is 2. The van der Waals surface area contributed by atoms with E-state index in [9.17, 15) is 9.59 Å². The summed E-state index contributed by atoms with van der Waals surface area (Å²) in [4.78, 5) is 32.3. The van der Waals surface area contributed by atoms with Crippen LogP contribution in [0.15, 0.2) is 0 Å². The van der Waals surface area contributed by atoms with Crippen molar-refractivity contribution in [2.24, 2.45) is 11.5 Å².